The number of carbonyl (C=O) groups is 1. The van der Waals surface area contributed by atoms with E-state index in [1.165, 1.54) is 17.3 Å². The summed E-state index contributed by atoms with van der Waals surface area (Å²) in [4.78, 5) is 32.5. The average Bonchev–Trinajstić information content (AvgIpc) is 3.11. The Morgan fingerprint density at radius 1 is 1.15 bits per heavy atom. The molecule has 0 N–H and O–H groups in total. The number of thiocarbonyl (C=S) groups is 1. The number of anilines is 1. The van der Waals surface area contributed by atoms with Gasteiger partial charge in [-0.2, -0.15) is 5.26 Å². The number of amides is 1. The third-order valence-electron chi connectivity index (χ3n) is 6.35. The molecule has 1 aromatic heterocycles. The smallest absolute Gasteiger partial charge is 0.270 e. The number of benzene rings is 1. The highest BCUT2D eigenvalue weighted by atomic mass is 32.2. The van der Waals surface area contributed by atoms with E-state index in [1.807, 2.05) is 25.1 Å². The van der Waals surface area contributed by atoms with E-state index in [2.05, 4.69) is 28.0 Å². The summed E-state index contributed by atoms with van der Waals surface area (Å²) in [6, 6.07) is 12.4. The van der Waals surface area contributed by atoms with E-state index < -0.39 is 0 Å². The van der Waals surface area contributed by atoms with Crippen LogP contribution in [0, 0.1) is 18.3 Å². The molecule has 0 aliphatic carbocycles. The number of pyridine rings is 1. The summed E-state index contributed by atoms with van der Waals surface area (Å²) in [5.74, 6) is 0.602. The average molecular weight is 494 g/mol. The Kier molecular flexibility index (Phi) is 7.22. The number of likely N-dealkylation sites (N-methyl/N-ethyl adjacent to an activating group) is 1. The van der Waals surface area contributed by atoms with Crippen LogP contribution in [0.1, 0.15) is 29.2 Å². The number of aromatic nitrogens is 1. The maximum absolute atomic E-state index is 13.0. The first-order chi connectivity index (χ1) is 16.3. The molecule has 176 valence electrons. The van der Waals surface area contributed by atoms with E-state index in [9.17, 15) is 14.9 Å². The molecule has 2 aromatic rings. The minimum Gasteiger partial charge on any atom is -0.355 e. The SMILES string of the molecule is CCN1C(=O)/C(=C/c2c(C)c(C#N)c(=O)n(C)c2N2CCN(Cc3ccccc3)CC2)SC1=S. The van der Waals surface area contributed by atoms with Crippen molar-refractivity contribution < 1.29 is 4.79 Å². The van der Waals surface area contributed by atoms with Crippen molar-refractivity contribution in [1.82, 2.24) is 14.4 Å². The molecule has 4 rings (SSSR count). The monoisotopic (exact) mass is 493 g/mol. The first kappa shape index (κ1) is 24.2. The second-order valence-electron chi connectivity index (χ2n) is 8.39. The molecule has 3 heterocycles. The Balaban J connectivity index is 1.69. The van der Waals surface area contributed by atoms with Gasteiger partial charge in [0, 0.05) is 51.9 Å². The first-order valence-electron chi connectivity index (χ1n) is 11.3. The lowest BCUT2D eigenvalue weighted by molar-refractivity contribution is -0.121. The van der Waals surface area contributed by atoms with Crippen molar-refractivity contribution in [2.24, 2.45) is 7.05 Å². The van der Waals surface area contributed by atoms with Gasteiger partial charge < -0.3 is 4.90 Å². The van der Waals surface area contributed by atoms with Crippen LogP contribution in [0.15, 0.2) is 40.0 Å². The summed E-state index contributed by atoms with van der Waals surface area (Å²) in [6.07, 6.45) is 1.80. The van der Waals surface area contributed by atoms with E-state index in [4.69, 9.17) is 12.2 Å². The summed E-state index contributed by atoms with van der Waals surface area (Å²) >= 11 is 6.63. The predicted octanol–water partition coefficient (Wildman–Crippen LogP) is 3.11. The van der Waals surface area contributed by atoms with Crippen molar-refractivity contribution in [3.63, 3.8) is 0 Å². The van der Waals surface area contributed by atoms with E-state index in [1.54, 1.807) is 29.5 Å². The van der Waals surface area contributed by atoms with Crippen LogP contribution in [0.3, 0.4) is 0 Å². The molecule has 1 amide bonds. The minimum absolute atomic E-state index is 0.103. The molecule has 2 aliphatic heterocycles. The van der Waals surface area contributed by atoms with Gasteiger partial charge in [-0.05, 0) is 31.1 Å². The summed E-state index contributed by atoms with van der Waals surface area (Å²) in [6.45, 7) is 8.23. The number of hydrogen-bond donors (Lipinski definition) is 0. The van der Waals surface area contributed by atoms with Gasteiger partial charge in [0.05, 0.1) is 4.91 Å². The van der Waals surface area contributed by atoms with Gasteiger partial charge in [0.2, 0.25) is 0 Å². The quantitative estimate of drug-likeness (QED) is 0.468. The minimum atomic E-state index is -0.319. The van der Waals surface area contributed by atoms with Gasteiger partial charge in [0.25, 0.3) is 11.5 Å². The molecule has 7 nitrogen and oxygen atoms in total. The topological polar surface area (TPSA) is 72.6 Å². The van der Waals surface area contributed by atoms with Gasteiger partial charge in [0.15, 0.2) is 0 Å². The van der Waals surface area contributed by atoms with E-state index in [-0.39, 0.29) is 17.0 Å². The van der Waals surface area contributed by atoms with Crippen LogP contribution in [-0.4, -0.2) is 57.3 Å². The van der Waals surface area contributed by atoms with Crippen molar-refractivity contribution in [2.75, 3.05) is 37.6 Å². The number of nitrogens with zero attached hydrogens (tertiary/aromatic N) is 5. The van der Waals surface area contributed by atoms with Crippen LogP contribution < -0.4 is 10.5 Å². The molecule has 0 bridgehead atoms. The zero-order valence-corrected chi connectivity index (χ0v) is 21.2. The summed E-state index contributed by atoms with van der Waals surface area (Å²) in [5, 5.41) is 9.65. The van der Waals surface area contributed by atoms with Gasteiger partial charge >= 0.3 is 0 Å². The molecule has 0 atom stereocenters. The second-order valence-corrected chi connectivity index (χ2v) is 10.1. The van der Waals surface area contributed by atoms with Crippen LogP contribution >= 0.6 is 24.0 Å². The molecule has 0 spiro atoms. The van der Waals surface area contributed by atoms with E-state index in [0.29, 0.717) is 21.3 Å². The fourth-order valence-corrected chi connectivity index (χ4v) is 5.82. The van der Waals surface area contributed by atoms with Gasteiger partial charge in [-0.25, -0.2) is 0 Å². The number of nitriles is 1. The Morgan fingerprint density at radius 3 is 2.41 bits per heavy atom. The number of carbonyl (C=O) groups excluding carboxylic acids is 1. The molecular weight excluding hydrogens is 466 g/mol. The standard InChI is InChI=1S/C25H27N5O2S2/c1-4-30-24(32)21(34-25(30)33)14-19-17(2)20(15-26)23(31)27(3)22(19)29-12-10-28(11-13-29)16-18-8-6-5-7-9-18/h5-9,14H,4,10-13,16H2,1-3H3/b21-14-. The molecule has 2 saturated heterocycles. The second kappa shape index (κ2) is 10.1. The van der Waals surface area contributed by atoms with Crippen LogP contribution in [0.4, 0.5) is 5.82 Å². The predicted molar refractivity (Wildman–Crippen MR) is 141 cm³/mol. The number of hydrogen-bond acceptors (Lipinski definition) is 7. The molecule has 2 aliphatic rings. The third kappa shape index (κ3) is 4.53. The van der Waals surface area contributed by atoms with Crippen molar-refractivity contribution in [1.29, 1.82) is 5.26 Å². The van der Waals surface area contributed by atoms with Gasteiger partial charge in [0.1, 0.15) is 21.8 Å². The summed E-state index contributed by atoms with van der Waals surface area (Å²) in [7, 11) is 1.70. The highest BCUT2D eigenvalue weighted by molar-refractivity contribution is 8.26. The lowest BCUT2D eigenvalue weighted by Crippen LogP contribution is -2.48. The van der Waals surface area contributed by atoms with Crippen molar-refractivity contribution >= 4 is 46.1 Å². The third-order valence-corrected chi connectivity index (χ3v) is 7.73. The Bertz CT molecular complexity index is 1250. The fourth-order valence-electron chi connectivity index (χ4n) is 4.46. The van der Waals surface area contributed by atoms with E-state index >= 15 is 0 Å². The largest absolute Gasteiger partial charge is 0.355 e. The molecule has 2 fully saturated rings. The van der Waals surface area contributed by atoms with Crippen molar-refractivity contribution in [3.8, 4) is 6.07 Å². The van der Waals surface area contributed by atoms with Crippen LogP contribution in [0.25, 0.3) is 6.08 Å². The van der Waals surface area contributed by atoms with E-state index in [0.717, 1.165) is 44.1 Å². The Labute approximate surface area is 209 Å². The number of rotatable bonds is 5. The highest BCUT2D eigenvalue weighted by Crippen LogP contribution is 2.35. The lowest BCUT2D eigenvalue weighted by Gasteiger charge is -2.37. The molecule has 0 unspecified atom stereocenters. The van der Waals surface area contributed by atoms with Crippen molar-refractivity contribution in [2.45, 2.75) is 20.4 Å². The zero-order chi connectivity index (χ0) is 24.4. The zero-order valence-electron chi connectivity index (χ0n) is 19.6. The summed E-state index contributed by atoms with van der Waals surface area (Å²) in [5.41, 5.74) is 2.38. The maximum Gasteiger partial charge on any atom is 0.270 e. The summed E-state index contributed by atoms with van der Waals surface area (Å²) < 4.78 is 2.07. The van der Waals surface area contributed by atoms with Crippen LogP contribution in [0.2, 0.25) is 0 Å². The Hall–Kier alpha value is -2.93. The number of piperazine rings is 1. The first-order valence-corrected chi connectivity index (χ1v) is 12.5. The fraction of sp³-hybridized carbons (Fsp3) is 0.360. The highest BCUT2D eigenvalue weighted by Gasteiger charge is 2.32. The molecular formula is C25H27N5O2S2. The molecule has 9 heteroatoms. The molecule has 34 heavy (non-hydrogen) atoms. The maximum atomic E-state index is 13.0. The Morgan fingerprint density at radius 2 is 1.82 bits per heavy atom. The van der Waals surface area contributed by atoms with Crippen molar-refractivity contribution in [3.05, 3.63) is 67.8 Å². The lowest BCUT2D eigenvalue weighted by atomic mass is 10.0. The van der Waals surface area contributed by atoms with Crippen LogP contribution in [-0.2, 0) is 18.4 Å². The molecule has 0 saturated carbocycles. The molecule has 1 aromatic carbocycles. The van der Waals surface area contributed by atoms with Gasteiger partial charge in [-0.1, -0.05) is 54.3 Å². The molecule has 0 radical (unpaired) electrons. The normalized spacial score (nSPS) is 18.1. The number of thioether (sulfide) groups is 1. The van der Waals surface area contributed by atoms with Crippen LogP contribution in [0.5, 0.6) is 0 Å². The van der Waals surface area contributed by atoms with Gasteiger partial charge in [-0.3, -0.25) is 24.0 Å². The van der Waals surface area contributed by atoms with Gasteiger partial charge in [-0.15, -0.1) is 0 Å².